The Morgan fingerprint density at radius 2 is 2.27 bits per heavy atom. The van der Waals surface area contributed by atoms with Crippen LogP contribution in [0.15, 0.2) is 16.5 Å². The van der Waals surface area contributed by atoms with Gasteiger partial charge in [0.05, 0.1) is 6.54 Å². The Labute approximate surface area is 94.4 Å². The van der Waals surface area contributed by atoms with Gasteiger partial charge in [-0.15, -0.1) is 0 Å². The van der Waals surface area contributed by atoms with Crippen LogP contribution in [0.1, 0.15) is 31.4 Å². The van der Waals surface area contributed by atoms with Gasteiger partial charge in [0.15, 0.2) is 5.22 Å². The number of aliphatic hydroxyl groups excluding tert-OH is 1. The first-order valence-electron chi connectivity index (χ1n) is 5.34. The van der Waals surface area contributed by atoms with Gasteiger partial charge in [-0.25, -0.2) is 0 Å². The lowest BCUT2D eigenvalue weighted by Crippen LogP contribution is -2.51. The minimum Gasteiger partial charge on any atom is -0.448 e. The molecule has 15 heavy (non-hydrogen) atoms. The van der Waals surface area contributed by atoms with Gasteiger partial charge in [-0.3, -0.25) is 0 Å². The molecule has 0 atom stereocenters. The van der Waals surface area contributed by atoms with E-state index in [1.54, 1.807) is 6.07 Å². The molecule has 1 aromatic rings. The smallest absolute Gasteiger partial charge is 0.193 e. The predicted octanol–water partition coefficient (Wildman–Crippen LogP) is 2.33. The zero-order chi connectivity index (χ0) is 10.7. The van der Waals surface area contributed by atoms with Crippen LogP contribution in [0.3, 0.4) is 0 Å². The van der Waals surface area contributed by atoms with E-state index < -0.39 is 0 Å². The highest BCUT2D eigenvalue weighted by Crippen LogP contribution is 2.35. The molecule has 0 spiro atoms. The van der Waals surface area contributed by atoms with Crippen molar-refractivity contribution in [3.05, 3.63) is 23.1 Å². The van der Waals surface area contributed by atoms with Crippen molar-refractivity contribution in [2.24, 2.45) is 0 Å². The lowest BCUT2D eigenvalue weighted by Gasteiger charge is -2.42. The molecule has 2 rings (SSSR count). The molecular formula is C11H16ClNO2. The zero-order valence-electron chi connectivity index (χ0n) is 8.63. The zero-order valence-corrected chi connectivity index (χ0v) is 9.39. The second-order valence-corrected chi connectivity index (χ2v) is 4.54. The third-order valence-electron chi connectivity index (χ3n) is 3.17. The minimum atomic E-state index is 0.133. The maximum absolute atomic E-state index is 8.98. The average molecular weight is 230 g/mol. The second-order valence-electron chi connectivity index (χ2n) is 4.17. The van der Waals surface area contributed by atoms with E-state index in [0.29, 0.717) is 11.8 Å². The van der Waals surface area contributed by atoms with Crippen LogP contribution in [-0.4, -0.2) is 17.3 Å². The summed E-state index contributed by atoms with van der Waals surface area (Å²) >= 11 is 5.68. The molecule has 1 fully saturated rings. The molecule has 0 amide bonds. The van der Waals surface area contributed by atoms with Gasteiger partial charge in [-0.2, -0.15) is 0 Å². The SMILES string of the molecule is OCCC1(NCc2ccc(Cl)o2)CCC1. The van der Waals surface area contributed by atoms with Gasteiger partial charge >= 0.3 is 0 Å². The molecule has 4 heteroatoms. The number of halogens is 1. The van der Waals surface area contributed by atoms with Crippen LogP contribution in [0.2, 0.25) is 5.22 Å². The minimum absolute atomic E-state index is 0.133. The van der Waals surface area contributed by atoms with E-state index in [2.05, 4.69) is 5.32 Å². The molecular weight excluding hydrogens is 214 g/mol. The van der Waals surface area contributed by atoms with Crippen LogP contribution in [-0.2, 0) is 6.54 Å². The molecule has 0 aromatic carbocycles. The van der Waals surface area contributed by atoms with E-state index in [4.69, 9.17) is 21.1 Å². The standard InChI is InChI=1S/C11H16ClNO2/c12-10-3-2-9(15-10)8-13-11(6-7-14)4-1-5-11/h2-3,13-14H,1,4-8H2. The largest absolute Gasteiger partial charge is 0.448 e. The van der Waals surface area contributed by atoms with E-state index in [9.17, 15) is 0 Å². The molecule has 0 radical (unpaired) electrons. The summed E-state index contributed by atoms with van der Waals surface area (Å²) in [4.78, 5) is 0. The molecule has 3 nitrogen and oxygen atoms in total. The Morgan fingerprint density at radius 3 is 2.73 bits per heavy atom. The van der Waals surface area contributed by atoms with E-state index >= 15 is 0 Å². The number of aliphatic hydroxyl groups is 1. The molecule has 0 bridgehead atoms. The number of hydrogen-bond donors (Lipinski definition) is 2. The van der Waals surface area contributed by atoms with E-state index in [0.717, 1.165) is 25.0 Å². The summed E-state index contributed by atoms with van der Waals surface area (Å²) in [5, 5.41) is 12.9. The Balaban J connectivity index is 1.86. The molecule has 0 aliphatic heterocycles. The number of nitrogens with one attached hydrogen (secondary N) is 1. The molecule has 0 saturated heterocycles. The fourth-order valence-electron chi connectivity index (χ4n) is 2.05. The third-order valence-corrected chi connectivity index (χ3v) is 3.37. The van der Waals surface area contributed by atoms with Gasteiger partial charge in [0.2, 0.25) is 0 Å². The Bertz CT molecular complexity index is 320. The lowest BCUT2D eigenvalue weighted by atomic mass is 9.74. The maximum Gasteiger partial charge on any atom is 0.193 e. The molecule has 0 unspecified atom stereocenters. The first-order valence-corrected chi connectivity index (χ1v) is 5.72. The lowest BCUT2D eigenvalue weighted by molar-refractivity contribution is 0.127. The van der Waals surface area contributed by atoms with Crippen molar-refractivity contribution in [1.29, 1.82) is 0 Å². The number of rotatable bonds is 5. The third kappa shape index (κ3) is 2.54. The summed E-state index contributed by atoms with van der Waals surface area (Å²) in [6, 6.07) is 3.62. The molecule has 84 valence electrons. The van der Waals surface area contributed by atoms with Crippen LogP contribution in [0.5, 0.6) is 0 Å². The van der Waals surface area contributed by atoms with Crippen molar-refractivity contribution in [1.82, 2.24) is 5.32 Å². The Hall–Kier alpha value is -0.510. The van der Waals surface area contributed by atoms with Crippen LogP contribution < -0.4 is 5.32 Å². The van der Waals surface area contributed by atoms with Gasteiger partial charge in [0, 0.05) is 12.1 Å². The summed E-state index contributed by atoms with van der Waals surface area (Å²) < 4.78 is 5.27. The van der Waals surface area contributed by atoms with Crippen LogP contribution in [0, 0.1) is 0 Å². The monoisotopic (exact) mass is 229 g/mol. The summed E-state index contributed by atoms with van der Waals surface area (Å²) in [7, 11) is 0. The maximum atomic E-state index is 8.98. The van der Waals surface area contributed by atoms with E-state index in [1.807, 2.05) is 6.07 Å². The van der Waals surface area contributed by atoms with Crippen LogP contribution in [0.4, 0.5) is 0 Å². The fourth-order valence-corrected chi connectivity index (χ4v) is 2.22. The van der Waals surface area contributed by atoms with Crippen molar-refractivity contribution in [2.75, 3.05) is 6.61 Å². The van der Waals surface area contributed by atoms with Gasteiger partial charge < -0.3 is 14.8 Å². The Morgan fingerprint density at radius 1 is 1.47 bits per heavy atom. The predicted molar refractivity (Wildman–Crippen MR) is 58.8 cm³/mol. The second kappa shape index (κ2) is 4.56. The van der Waals surface area contributed by atoms with Crippen LogP contribution in [0.25, 0.3) is 0 Å². The topological polar surface area (TPSA) is 45.4 Å². The molecule has 1 aliphatic rings. The van der Waals surface area contributed by atoms with Crippen LogP contribution >= 0.6 is 11.6 Å². The highest BCUT2D eigenvalue weighted by molar-refractivity contribution is 6.28. The van der Waals surface area contributed by atoms with Crippen molar-refractivity contribution in [3.63, 3.8) is 0 Å². The molecule has 1 saturated carbocycles. The fraction of sp³-hybridized carbons (Fsp3) is 0.636. The summed E-state index contributed by atoms with van der Waals surface area (Å²) in [6.07, 6.45) is 4.34. The number of furan rings is 1. The Kier molecular flexibility index (Phi) is 3.34. The van der Waals surface area contributed by atoms with Gasteiger partial charge in [-0.1, -0.05) is 0 Å². The first kappa shape index (κ1) is 11.0. The van der Waals surface area contributed by atoms with Crippen molar-refractivity contribution in [2.45, 2.75) is 37.8 Å². The quantitative estimate of drug-likeness (QED) is 0.815. The summed E-state index contributed by atoms with van der Waals surface area (Å²) in [5.41, 5.74) is 0.133. The average Bonchev–Trinajstić information content (AvgIpc) is 2.56. The summed E-state index contributed by atoms with van der Waals surface area (Å²) in [5.74, 6) is 0.851. The molecule has 1 heterocycles. The molecule has 2 N–H and O–H groups in total. The summed E-state index contributed by atoms with van der Waals surface area (Å²) in [6.45, 7) is 0.929. The van der Waals surface area contributed by atoms with E-state index in [1.165, 1.54) is 6.42 Å². The van der Waals surface area contributed by atoms with Crippen molar-refractivity contribution in [3.8, 4) is 0 Å². The first-order chi connectivity index (χ1) is 7.24. The number of hydrogen-bond acceptors (Lipinski definition) is 3. The van der Waals surface area contributed by atoms with Gasteiger partial charge in [-0.05, 0) is 49.4 Å². The van der Waals surface area contributed by atoms with Gasteiger partial charge in [0.25, 0.3) is 0 Å². The molecule has 1 aliphatic carbocycles. The van der Waals surface area contributed by atoms with Crippen molar-refractivity contribution >= 4 is 11.6 Å². The highest BCUT2D eigenvalue weighted by Gasteiger charge is 2.35. The van der Waals surface area contributed by atoms with Crippen molar-refractivity contribution < 1.29 is 9.52 Å². The van der Waals surface area contributed by atoms with Gasteiger partial charge in [0.1, 0.15) is 5.76 Å². The molecule has 1 aromatic heterocycles. The highest BCUT2D eigenvalue weighted by atomic mass is 35.5. The normalized spacial score (nSPS) is 18.8. The van der Waals surface area contributed by atoms with E-state index in [-0.39, 0.29) is 12.1 Å².